The summed E-state index contributed by atoms with van der Waals surface area (Å²) in [6, 6.07) is 3.98. The highest BCUT2D eigenvalue weighted by molar-refractivity contribution is 5.99. The van der Waals surface area contributed by atoms with Gasteiger partial charge in [0, 0.05) is 18.8 Å². The number of nitrogen functional groups attached to an aromatic ring is 1. The SMILES string of the molecule is CCCC(C)N(C)C(=O)c1cc(F)ccc1N. The van der Waals surface area contributed by atoms with Crippen LogP contribution in [-0.2, 0) is 0 Å². The van der Waals surface area contributed by atoms with Crippen LogP contribution in [-0.4, -0.2) is 23.9 Å². The van der Waals surface area contributed by atoms with Gasteiger partial charge in [-0.25, -0.2) is 4.39 Å². The van der Waals surface area contributed by atoms with Crippen LogP contribution in [0.1, 0.15) is 37.0 Å². The maximum Gasteiger partial charge on any atom is 0.256 e. The number of nitrogens with zero attached hydrogens (tertiary/aromatic N) is 1. The molecule has 0 radical (unpaired) electrons. The lowest BCUT2D eigenvalue weighted by atomic mass is 10.1. The smallest absolute Gasteiger partial charge is 0.256 e. The molecule has 0 heterocycles. The minimum absolute atomic E-state index is 0.121. The summed E-state index contributed by atoms with van der Waals surface area (Å²) in [5, 5.41) is 0. The molecule has 3 nitrogen and oxygen atoms in total. The van der Waals surface area contributed by atoms with Gasteiger partial charge >= 0.3 is 0 Å². The van der Waals surface area contributed by atoms with Crippen molar-refractivity contribution in [2.45, 2.75) is 32.7 Å². The fourth-order valence-corrected chi connectivity index (χ4v) is 1.72. The van der Waals surface area contributed by atoms with E-state index in [2.05, 4.69) is 6.92 Å². The fraction of sp³-hybridized carbons (Fsp3) is 0.462. The van der Waals surface area contributed by atoms with Crippen LogP contribution in [0.15, 0.2) is 18.2 Å². The lowest BCUT2D eigenvalue weighted by Crippen LogP contribution is -2.35. The molecule has 0 aliphatic carbocycles. The van der Waals surface area contributed by atoms with Crippen molar-refractivity contribution in [3.05, 3.63) is 29.6 Å². The molecule has 94 valence electrons. The van der Waals surface area contributed by atoms with E-state index in [0.717, 1.165) is 12.8 Å². The summed E-state index contributed by atoms with van der Waals surface area (Å²) >= 11 is 0. The van der Waals surface area contributed by atoms with Crippen LogP contribution in [0.3, 0.4) is 0 Å². The maximum atomic E-state index is 13.1. The maximum absolute atomic E-state index is 13.1. The predicted molar refractivity (Wildman–Crippen MR) is 67.3 cm³/mol. The number of hydrogen-bond donors (Lipinski definition) is 1. The second-order valence-corrected chi connectivity index (χ2v) is 4.29. The number of nitrogens with two attached hydrogens (primary N) is 1. The van der Waals surface area contributed by atoms with Gasteiger partial charge in [-0.15, -0.1) is 0 Å². The van der Waals surface area contributed by atoms with Gasteiger partial charge in [-0.2, -0.15) is 0 Å². The van der Waals surface area contributed by atoms with Gasteiger partial charge in [0.25, 0.3) is 5.91 Å². The quantitative estimate of drug-likeness (QED) is 0.820. The summed E-state index contributed by atoms with van der Waals surface area (Å²) < 4.78 is 13.1. The number of halogens is 1. The molecular weight excluding hydrogens is 219 g/mol. The largest absolute Gasteiger partial charge is 0.398 e. The van der Waals surface area contributed by atoms with Crippen molar-refractivity contribution < 1.29 is 9.18 Å². The van der Waals surface area contributed by atoms with E-state index in [-0.39, 0.29) is 17.5 Å². The molecule has 0 bridgehead atoms. The number of amides is 1. The molecule has 2 N–H and O–H groups in total. The minimum atomic E-state index is -0.445. The van der Waals surface area contributed by atoms with Gasteiger partial charge in [0.15, 0.2) is 0 Å². The Labute approximate surface area is 101 Å². The summed E-state index contributed by atoms with van der Waals surface area (Å²) in [6.45, 7) is 4.03. The topological polar surface area (TPSA) is 46.3 Å². The number of benzene rings is 1. The van der Waals surface area contributed by atoms with Gasteiger partial charge in [-0.3, -0.25) is 4.79 Å². The molecule has 1 atom stereocenters. The second-order valence-electron chi connectivity index (χ2n) is 4.29. The van der Waals surface area contributed by atoms with Crippen LogP contribution in [0.4, 0.5) is 10.1 Å². The number of carbonyl (C=O) groups is 1. The van der Waals surface area contributed by atoms with Crippen molar-refractivity contribution in [2.75, 3.05) is 12.8 Å². The molecular formula is C13H19FN2O. The Morgan fingerprint density at radius 1 is 1.53 bits per heavy atom. The molecule has 1 unspecified atom stereocenters. The standard InChI is InChI=1S/C13H19FN2O/c1-4-5-9(2)16(3)13(17)11-8-10(14)6-7-12(11)15/h6-9H,4-5,15H2,1-3H3. The highest BCUT2D eigenvalue weighted by Gasteiger charge is 2.19. The van der Waals surface area contributed by atoms with Crippen LogP contribution in [0.5, 0.6) is 0 Å². The first-order valence-electron chi connectivity index (χ1n) is 5.79. The monoisotopic (exact) mass is 238 g/mol. The first kappa shape index (κ1) is 13.5. The summed E-state index contributed by atoms with van der Waals surface area (Å²) in [6.07, 6.45) is 1.91. The number of carbonyl (C=O) groups excluding carboxylic acids is 1. The number of rotatable bonds is 4. The molecule has 0 saturated carbocycles. The van der Waals surface area contributed by atoms with E-state index in [1.807, 2.05) is 6.92 Å². The van der Waals surface area contributed by atoms with E-state index in [1.54, 1.807) is 11.9 Å². The summed E-state index contributed by atoms with van der Waals surface area (Å²) in [7, 11) is 1.72. The molecule has 1 amide bonds. The van der Waals surface area contributed by atoms with E-state index in [9.17, 15) is 9.18 Å². The highest BCUT2D eigenvalue weighted by Crippen LogP contribution is 2.17. The third kappa shape index (κ3) is 3.19. The molecule has 0 saturated heterocycles. The Kier molecular flexibility index (Phi) is 4.49. The van der Waals surface area contributed by atoms with Crippen LogP contribution < -0.4 is 5.73 Å². The summed E-state index contributed by atoms with van der Waals surface area (Å²) in [5.74, 6) is -0.679. The zero-order valence-electron chi connectivity index (χ0n) is 10.5. The highest BCUT2D eigenvalue weighted by atomic mass is 19.1. The van der Waals surface area contributed by atoms with Crippen molar-refractivity contribution in [1.29, 1.82) is 0 Å². The Hall–Kier alpha value is -1.58. The molecule has 17 heavy (non-hydrogen) atoms. The van der Waals surface area contributed by atoms with Crippen molar-refractivity contribution in [2.24, 2.45) is 0 Å². The molecule has 4 heteroatoms. The summed E-state index contributed by atoms with van der Waals surface area (Å²) in [5.41, 5.74) is 6.23. The fourth-order valence-electron chi connectivity index (χ4n) is 1.72. The van der Waals surface area contributed by atoms with Crippen molar-refractivity contribution in [3.63, 3.8) is 0 Å². The van der Waals surface area contributed by atoms with Crippen molar-refractivity contribution in [3.8, 4) is 0 Å². The number of anilines is 1. The van der Waals surface area contributed by atoms with E-state index in [0.29, 0.717) is 5.69 Å². The van der Waals surface area contributed by atoms with Gasteiger partial charge in [-0.1, -0.05) is 13.3 Å². The normalized spacial score (nSPS) is 12.2. The molecule has 1 rings (SSSR count). The van der Waals surface area contributed by atoms with Crippen LogP contribution in [0.25, 0.3) is 0 Å². The molecule has 0 spiro atoms. The molecule has 1 aromatic rings. The molecule has 0 aromatic heterocycles. The van der Waals surface area contributed by atoms with E-state index in [4.69, 9.17) is 5.73 Å². The Morgan fingerprint density at radius 2 is 2.18 bits per heavy atom. The molecule has 1 aromatic carbocycles. The number of hydrogen-bond acceptors (Lipinski definition) is 2. The zero-order chi connectivity index (χ0) is 13.0. The van der Waals surface area contributed by atoms with E-state index >= 15 is 0 Å². The summed E-state index contributed by atoms with van der Waals surface area (Å²) in [4.78, 5) is 13.7. The predicted octanol–water partition coefficient (Wildman–Crippen LogP) is 2.67. The minimum Gasteiger partial charge on any atom is -0.398 e. The Bertz CT molecular complexity index is 406. The molecule has 0 aliphatic rings. The lowest BCUT2D eigenvalue weighted by molar-refractivity contribution is 0.0737. The first-order chi connectivity index (χ1) is 7.97. The van der Waals surface area contributed by atoms with E-state index in [1.165, 1.54) is 18.2 Å². The molecule has 0 fully saturated rings. The molecule has 0 aliphatic heterocycles. The van der Waals surface area contributed by atoms with Gasteiger partial charge in [0.1, 0.15) is 5.82 Å². The van der Waals surface area contributed by atoms with Crippen LogP contribution in [0, 0.1) is 5.82 Å². The van der Waals surface area contributed by atoms with Gasteiger partial charge in [-0.05, 0) is 31.5 Å². The van der Waals surface area contributed by atoms with Gasteiger partial charge < -0.3 is 10.6 Å². The third-order valence-corrected chi connectivity index (χ3v) is 2.93. The second kappa shape index (κ2) is 5.66. The Balaban J connectivity index is 2.92. The van der Waals surface area contributed by atoms with E-state index < -0.39 is 5.82 Å². The lowest BCUT2D eigenvalue weighted by Gasteiger charge is -2.25. The van der Waals surface area contributed by atoms with Gasteiger partial charge in [0.05, 0.1) is 5.56 Å². The zero-order valence-corrected chi connectivity index (χ0v) is 10.5. The van der Waals surface area contributed by atoms with Crippen molar-refractivity contribution >= 4 is 11.6 Å². The Morgan fingerprint density at radius 3 is 2.76 bits per heavy atom. The first-order valence-corrected chi connectivity index (χ1v) is 5.79. The third-order valence-electron chi connectivity index (χ3n) is 2.93. The van der Waals surface area contributed by atoms with Crippen LogP contribution in [0.2, 0.25) is 0 Å². The van der Waals surface area contributed by atoms with Crippen molar-refractivity contribution in [1.82, 2.24) is 4.90 Å². The van der Waals surface area contributed by atoms with Crippen LogP contribution >= 0.6 is 0 Å². The average Bonchev–Trinajstić information content (AvgIpc) is 2.30. The average molecular weight is 238 g/mol. The van der Waals surface area contributed by atoms with Gasteiger partial charge in [0.2, 0.25) is 0 Å².